The molecule has 1 unspecified atom stereocenters. The molecule has 3 rings (SSSR count). The van der Waals surface area contributed by atoms with Gasteiger partial charge in [-0.15, -0.1) is 0 Å². The normalized spacial score (nSPS) is 12.1. The summed E-state index contributed by atoms with van der Waals surface area (Å²) in [5, 5.41) is 6.11. The lowest BCUT2D eigenvalue weighted by Crippen LogP contribution is -3.08. The molecule has 0 saturated carbocycles. The SMILES string of the molecule is C[NH+](CC(=O)Nc1c(Cl)cccc1Cl)Cc1cccc2ccccc12. The fraction of sp³-hybridized carbons (Fsp3) is 0.150. The van der Waals surface area contributed by atoms with Crippen molar-refractivity contribution in [2.24, 2.45) is 0 Å². The molecule has 2 N–H and O–H groups in total. The number of hydrogen-bond donors (Lipinski definition) is 2. The Morgan fingerprint density at radius 2 is 1.60 bits per heavy atom. The van der Waals surface area contributed by atoms with Gasteiger partial charge in [-0.25, -0.2) is 0 Å². The Labute approximate surface area is 157 Å². The number of halogens is 2. The van der Waals surface area contributed by atoms with Gasteiger partial charge < -0.3 is 10.2 Å². The van der Waals surface area contributed by atoms with E-state index in [0.29, 0.717) is 22.3 Å². The summed E-state index contributed by atoms with van der Waals surface area (Å²) < 4.78 is 0. The number of hydrogen-bond acceptors (Lipinski definition) is 1. The van der Waals surface area contributed by atoms with Gasteiger partial charge in [-0.2, -0.15) is 0 Å². The van der Waals surface area contributed by atoms with Crippen LogP contribution >= 0.6 is 23.2 Å². The quantitative estimate of drug-likeness (QED) is 0.700. The summed E-state index contributed by atoms with van der Waals surface area (Å²) in [6.45, 7) is 1.08. The van der Waals surface area contributed by atoms with E-state index >= 15 is 0 Å². The lowest BCUT2D eigenvalue weighted by molar-refractivity contribution is -0.885. The summed E-state index contributed by atoms with van der Waals surface area (Å²) in [4.78, 5) is 13.4. The predicted molar refractivity (Wildman–Crippen MR) is 104 cm³/mol. The first-order chi connectivity index (χ1) is 12.0. The summed E-state index contributed by atoms with van der Waals surface area (Å²) in [6, 6.07) is 19.7. The molecule has 0 heterocycles. The molecular weight excluding hydrogens is 355 g/mol. The maximum atomic E-state index is 12.3. The number of anilines is 1. The Hall–Kier alpha value is -2.07. The fourth-order valence-electron chi connectivity index (χ4n) is 2.91. The third kappa shape index (κ3) is 4.31. The maximum absolute atomic E-state index is 12.3. The number of para-hydroxylation sites is 1. The summed E-state index contributed by atoms with van der Waals surface area (Å²) in [5.41, 5.74) is 1.69. The minimum atomic E-state index is -0.118. The van der Waals surface area contributed by atoms with Gasteiger partial charge in [0.25, 0.3) is 5.91 Å². The van der Waals surface area contributed by atoms with Gasteiger partial charge in [0.15, 0.2) is 6.54 Å². The molecule has 128 valence electrons. The van der Waals surface area contributed by atoms with Crippen LogP contribution in [-0.2, 0) is 11.3 Å². The van der Waals surface area contributed by atoms with Crippen LogP contribution in [0, 0.1) is 0 Å². The van der Waals surface area contributed by atoms with Crippen molar-refractivity contribution in [2.45, 2.75) is 6.54 Å². The third-order valence-corrected chi connectivity index (χ3v) is 4.69. The second-order valence-electron chi connectivity index (χ2n) is 6.09. The molecule has 0 radical (unpaired) electrons. The van der Waals surface area contributed by atoms with Crippen LogP contribution in [0.2, 0.25) is 10.0 Å². The largest absolute Gasteiger partial charge is 0.326 e. The maximum Gasteiger partial charge on any atom is 0.279 e. The molecule has 0 spiro atoms. The van der Waals surface area contributed by atoms with E-state index in [1.165, 1.54) is 16.3 Å². The standard InChI is InChI=1S/C20H18Cl2N2O/c1-24(12-15-8-4-7-14-6-2-3-9-16(14)15)13-19(25)23-20-17(21)10-5-11-18(20)22/h2-11H,12-13H2,1H3,(H,23,25)/p+1. The Morgan fingerprint density at radius 3 is 2.36 bits per heavy atom. The van der Waals surface area contributed by atoms with Gasteiger partial charge in [0.2, 0.25) is 0 Å². The van der Waals surface area contributed by atoms with Gasteiger partial charge >= 0.3 is 0 Å². The average Bonchev–Trinajstić information content (AvgIpc) is 2.58. The van der Waals surface area contributed by atoms with Crippen molar-refractivity contribution >= 4 is 45.6 Å². The summed E-state index contributed by atoms with van der Waals surface area (Å²) >= 11 is 12.2. The molecule has 0 aliphatic heterocycles. The number of carbonyl (C=O) groups is 1. The van der Waals surface area contributed by atoms with E-state index in [1.807, 2.05) is 19.2 Å². The number of fused-ring (bicyclic) bond motifs is 1. The lowest BCUT2D eigenvalue weighted by atomic mass is 10.0. The number of nitrogens with one attached hydrogen (secondary N) is 2. The molecule has 0 aliphatic carbocycles. The molecule has 0 aliphatic rings. The van der Waals surface area contributed by atoms with Crippen LogP contribution in [0.15, 0.2) is 60.7 Å². The molecule has 3 aromatic rings. The topological polar surface area (TPSA) is 33.5 Å². The van der Waals surface area contributed by atoms with E-state index < -0.39 is 0 Å². The van der Waals surface area contributed by atoms with Crippen LogP contribution in [0.5, 0.6) is 0 Å². The number of quaternary nitrogens is 1. The molecule has 0 fully saturated rings. The molecule has 0 saturated heterocycles. The first-order valence-corrected chi connectivity index (χ1v) is 8.82. The minimum Gasteiger partial charge on any atom is -0.326 e. The molecule has 0 bridgehead atoms. The van der Waals surface area contributed by atoms with Crippen LogP contribution < -0.4 is 10.2 Å². The van der Waals surface area contributed by atoms with Gasteiger partial charge in [0.05, 0.1) is 22.8 Å². The third-order valence-electron chi connectivity index (χ3n) is 4.06. The van der Waals surface area contributed by atoms with Gasteiger partial charge in [-0.1, -0.05) is 71.7 Å². The first-order valence-electron chi connectivity index (χ1n) is 8.06. The minimum absolute atomic E-state index is 0.118. The van der Waals surface area contributed by atoms with Crippen LogP contribution in [0.1, 0.15) is 5.56 Å². The van der Waals surface area contributed by atoms with Crippen molar-refractivity contribution < 1.29 is 9.69 Å². The number of likely N-dealkylation sites (N-methyl/N-ethyl adjacent to an activating group) is 1. The number of rotatable bonds is 5. The number of amides is 1. The average molecular weight is 374 g/mol. The highest BCUT2D eigenvalue weighted by Gasteiger charge is 2.15. The highest BCUT2D eigenvalue weighted by Crippen LogP contribution is 2.29. The molecule has 0 aromatic heterocycles. The zero-order chi connectivity index (χ0) is 17.8. The van der Waals surface area contributed by atoms with E-state index in [4.69, 9.17) is 23.2 Å². The number of carbonyl (C=O) groups excluding carboxylic acids is 1. The van der Waals surface area contributed by atoms with Crippen LogP contribution in [0.25, 0.3) is 10.8 Å². The molecule has 1 atom stereocenters. The molecule has 3 aromatic carbocycles. The first kappa shape index (κ1) is 17.7. The van der Waals surface area contributed by atoms with E-state index in [-0.39, 0.29) is 5.91 Å². The zero-order valence-corrected chi connectivity index (χ0v) is 15.4. The smallest absolute Gasteiger partial charge is 0.279 e. The molecule has 5 heteroatoms. The van der Waals surface area contributed by atoms with E-state index in [2.05, 4.69) is 35.6 Å². The van der Waals surface area contributed by atoms with E-state index in [0.717, 1.165) is 11.4 Å². The summed E-state index contributed by atoms with van der Waals surface area (Å²) in [6.07, 6.45) is 0. The Bertz CT molecular complexity index is 886. The Morgan fingerprint density at radius 1 is 0.960 bits per heavy atom. The van der Waals surface area contributed by atoms with Crippen LogP contribution in [0.3, 0.4) is 0 Å². The summed E-state index contributed by atoms with van der Waals surface area (Å²) in [7, 11) is 2.00. The zero-order valence-electron chi connectivity index (χ0n) is 13.9. The van der Waals surface area contributed by atoms with Crippen molar-refractivity contribution in [3.05, 3.63) is 76.3 Å². The molecule has 3 nitrogen and oxygen atoms in total. The van der Waals surface area contributed by atoms with Gasteiger partial charge in [-0.05, 0) is 22.9 Å². The Kier molecular flexibility index (Phi) is 5.59. The monoisotopic (exact) mass is 373 g/mol. The Balaban J connectivity index is 1.68. The van der Waals surface area contributed by atoms with Gasteiger partial charge in [-0.3, -0.25) is 4.79 Å². The second kappa shape index (κ2) is 7.87. The van der Waals surface area contributed by atoms with Crippen molar-refractivity contribution in [1.82, 2.24) is 0 Å². The van der Waals surface area contributed by atoms with Crippen LogP contribution in [-0.4, -0.2) is 19.5 Å². The lowest BCUT2D eigenvalue weighted by Gasteiger charge is -2.16. The summed E-state index contributed by atoms with van der Waals surface area (Å²) in [5.74, 6) is -0.118. The van der Waals surface area contributed by atoms with Crippen molar-refractivity contribution in [3.8, 4) is 0 Å². The van der Waals surface area contributed by atoms with E-state index in [1.54, 1.807) is 18.2 Å². The fourth-order valence-corrected chi connectivity index (χ4v) is 3.40. The van der Waals surface area contributed by atoms with Crippen LogP contribution in [0.4, 0.5) is 5.69 Å². The predicted octanol–water partition coefficient (Wildman–Crippen LogP) is 3.80. The second-order valence-corrected chi connectivity index (χ2v) is 6.91. The van der Waals surface area contributed by atoms with Gasteiger partial charge in [0.1, 0.15) is 6.54 Å². The highest BCUT2D eigenvalue weighted by atomic mass is 35.5. The van der Waals surface area contributed by atoms with Gasteiger partial charge in [0, 0.05) is 5.56 Å². The molecular formula is C20H19Cl2N2O+. The van der Waals surface area contributed by atoms with Crippen molar-refractivity contribution in [3.63, 3.8) is 0 Å². The van der Waals surface area contributed by atoms with Crippen molar-refractivity contribution in [1.29, 1.82) is 0 Å². The molecule has 25 heavy (non-hydrogen) atoms. The van der Waals surface area contributed by atoms with Crippen molar-refractivity contribution in [2.75, 3.05) is 18.9 Å². The molecule has 1 amide bonds. The number of benzene rings is 3. The van der Waals surface area contributed by atoms with E-state index in [9.17, 15) is 4.79 Å². The highest BCUT2D eigenvalue weighted by molar-refractivity contribution is 6.39.